The molecule has 18 heavy (non-hydrogen) atoms. The Hall–Kier alpha value is -0.970. The van der Waals surface area contributed by atoms with Crippen LogP contribution in [-0.2, 0) is 6.42 Å². The van der Waals surface area contributed by atoms with Crippen molar-refractivity contribution in [1.82, 2.24) is 10.7 Å². The molecule has 1 aromatic rings. The summed E-state index contributed by atoms with van der Waals surface area (Å²) in [5, 5.41) is 4.40. The summed E-state index contributed by atoms with van der Waals surface area (Å²) in [6.45, 7) is 4.63. The van der Waals surface area contributed by atoms with Crippen molar-refractivity contribution >= 4 is 29.2 Å². The lowest BCUT2D eigenvalue weighted by Crippen LogP contribution is -2.44. The van der Waals surface area contributed by atoms with E-state index in [2.05, 4.69) is 15.7 Å². The van der Waals surface area contributed by atoms with Crippen molar-refractivity contribution in [2.45, 2.75) is 26.3 Å². The van der Waals surface area contributed by atoms with Crippen molar-refractivity contribution in [2.75, 3.05) is 6.54 Å². The van der Waals surface area contributed by atoms with E-state index in [0.29, 0.717) is 22.5 Å². The van der Waals surface area contributed by atoms with E-state index < -0.39 is 0 Å². The van der Waals surface area contributed by atoms with E-state index in [1.807, 2.05) is 26.0 Å². The first kappa shape index (κ1) is 15.1. The van der Waals surface area contributed by atoms with Crippen LogP contribution in [0.1, 0.15) is 19.4 Å². The van der Waals surface area contributed by atoms with Gasteiger partial charge in [-0.15, -0.1) is 0 Å². The maximum absolute atomic E-state index is 6.07. The third-order valence-electron chi connectivity index (χ3n) is 2.23. The van der Waals surface area contributed by atoms with Gasteiger partial charge in [0.05, 0.1) is 0 Å². The Morgan fingerprint density at radius 2 is 2.11 bits per heavy atom. The number of guanidine groups is 1. The minimum absolute atomic E-state index is 0.277. The Balaban J connectivity index is 2.56. The van der Waals surface area contributed by atoms with Gasteiger partial charge in [-0.3, -0.25) is 10.4 Å². The second-order valence-electron chi connectivity index (χ2n) is 4.16. The van der Waals surface area contributed by atoms with E-state index in [4.69, 9.17) is 29.0 Å². The van der Waals surface area contributed by atoms with E-state index in [0.717, 1.165) is 12.0 Å². The van der Waals surface area contributed by atoms with Crippen LogP contribution in [0.5, 0.6) is 0 Å². The van der Waals surface area contributed by atoms with Crippen molar-refractivity contribution in [2.24, 2.45) is 10.8 Å². The molecule has 0 bridgehead atoms. The number of hydrogen-bond acceptors (Lipinski definition) is 2. The fourth-order valence-corrected chi connectivity index (χ4v) is 1.92. The maximum atomic E-state index is 6.07. The average Bonchev–Trinajstić information content (AvgIpc) is 2.30. The third-order valence-corrected chi connectivity index (χ3v) is 2.82. The largest absolute Gasteiger partial charge is 0.353 e. The standard InChI is InChI=1S/C12H18Cl2N4/c1-8(2)17-12(18-15)16-6-5-9-3-4-10(13)7-11(9)14/h3-4,7-8H,5-6,15H2,1-2H3,(H2,16,17,18). The third kappa shape index (κ3) is 5.12. The van der Waals surface area contributed by atoms with Crippen molar-refractivity contribution in [3.05, 3.63) is 33.8 Å². The quantitative estimate of drug-likeness (QED) is 0.345. The molecule has 1 aromatic carbocycles. The molecular formula is C12H18Cl2N4. The number of hydrazine groups is 1. The van der Waals surface area contributed by atoms with Gasteiger partial charge in [-0.05, 0) is 38.0 Å². The van der Waals surface area contributed by atoms with E-state index in [1.165, 1.54) is 0 Å². The van der Waals surface area contributed by atoms with Gasteiger partial charge >= 0.3 is 0 Å². The monoisotopic (exact) mass is 288 g/mol. The van der Waals surface area contributed by atoms with Crippen molar-refractivity contribution < 1.29 is 0 Å². The molecule has 0 fully saturated rings. The molecule has 1 rings (SSSR count). The second-order valence-corrected chi connectivity index (χ2v) is 5.00. The zero-order chi connectivity index (χ0) is 13.5. The molecule has 0 spiro atoms. The molecule has 0 heterocycles. The zero-order valence-corrected chi connectivity index (χ0v) is 12.0. The molecule has 4 N–H and O–H groups in total. The van der Waals surface area contributed by atoms with Gasteiger partial charge in [-0.25, -0.2) is 5.84 Å². The van der Waals surface area contributed by atoms with Crippen LogP contribution in [0.15, 0.2) is 23.2 Å². The minimum Gasteiger partial charge on any atom is -0.353 e. The van der Waals surface area contributed by atoms with Gasteiger partial charge in [0.2, 0.25) is 5.96 Å². The molecule has 6 heteroatoms. The molecule has 0 aromatic heterocycles. The highest BCUT2D eigenvalue weighted by Gasteiger charge is 2.02. The van der Waals surface area contributed by atoms with Crippen LogP contribution in [0.4, 0.5) is 0 Å². The fraction of sp³-hybridized carbons (Fsp3) is 0.417. The van der Waals surface area contributed by atoms with E-state index in [9.17, 15) is 0 Å². The lowest BCUT2D eigenvalue weighted by atomic mass is 10.1. The molecule has 4 nitrogen and oxygen atoms in total. The highest BCUT2D eigenvalue weighted by molar-refractivity contribution is 6.35. The number of halogens is 2. The Kier molecular flexibility index (Phi) is 6.25. The van der Waals surface area contributed by atoms with Gasteiger partial charge in [-0.1, -0.05) is 29.3 Å². The molecule has 0 saturated carbocycles. The Bertz CT molecular complexity index is 419. The summed E-state index contributed by atoms with van der Waals surface area (Å²) >= 11 is 11.9. The van der Waals surface area contributed by atoms with Crippen LogP contribution < -0.4 is 16.6 Å². The first-order chi connectivity index (χ1) is 8.52. The lowest BCUT2D eigenvalue weighted by Gasteiger charge is -2.12. The molecule has 0 radical (unpaired) electrons. The van der Waals surface area contributed by atoms with Crippen molar-refractivity contribution in [3.63, 3.8) is 0 Å². The van der Waals surface area contributed by atoms with E-state index >= 15 is 0 Å². The van der Waals surface area contributed by atoms with E-state index in [1.54, 1.807) is 6.07 Å². The summed E-state index contributed by atoms with van der Waals surface area (Å²) in [4.78, 5) is 4.32. The summed E-state index contributed by atoms with van der Waals surface area (Å²) in [5.41, 5.74) is 3.55. The molecule has 0 amide bonds. The van der Waals surface area contributed by atoms with Crippen molar-refractivity contribution in [1.29, 1.82) is 0 Å². The summed E-state index contributed by atoms with van der Waals surface area (Å²) < 4.78 is 0. The van der Waals surface area contributed by atoms with Gasteiger partial charge in [-0.2, -0.15) is 0 Å². The Labute approximate surface area is 118 Å². The molecule has 0 aliphatic heterocycles. The van der Waals surface area contributed by atoms with E-state index in [-0.39, 0.29) is 6.04 Å². The van der Waals surface area contributed by atoms with Gasteiger partial charge in [0, 0.05) is 22.6 Å². The second kappa shape index (κ2) is 7.46. The highest BCUT2D eigenvalue weighted by Crippen LogP contribution is 2.21. The van der Waals surface area contributed by atoms with Gasteiger partial charge in [0.25, 0.3) is 0 Å². The minimum atomic E-state index is 0.277. The summed E-state index contributed by atoms with van der Waals surface area (Å²) in [5.74, 6) is 5.94. The summed E-state index contributed by atoms with van der Waals surface area (Å²) in [6, 6.07) is 5.74. The maximum Gasteiger partial charge on any atom is 0.205 e. The number of rotatable bonds is 4. The normalized spacial score (nSPS) is 11.8. The highest BCUT2D eigenvalue weighted by atomic mass is 35.5. The molecular weight excluding hydrogens is 271 g/mol. The lowest BCUT2D eigenvalue weighted by molar-refractivity contribution is 0.702. The fourth-order valence-electron chi connectivity index (χ4n) is 1.42. The predicted molar refractivity (Wildman–Crippen MR) is 78.1 cm³/mol. The molecule has 0 aliphatic carbocycles. The first-order valence-corrected chi connectivity index (χ1v) is 6.50. The Morgan fingerprint density at radius 1 is 1.39 bits per heavy atom. The number of nitrogens with zero attached hydrogens (tertiary/aromatic N) is 1. The van der Waals surface area contributed by atoms with Gasteiger partial charge in [0.1, 0.15) is 0 Å². The van der Waals surface area contributed by atoms with Crippen molar-refractivity contribution in [3.8, 4) is 0 Å². The van der Waals surface area contributed by atoms with Crippen LogP contribution in [0.25, 0.3) is 0 Å². The number of benzene rings is 1. The Morgan fingerprint density at radius 3 is 2.67 bits per heavy atom. The zero-order valence-electron chi connectivity index (χ0n) is 10.5. The van der Waals surface area contributed by atoms with Crippen LogP contribution in [-0.4, -0.2) is 18.5 Å². The van der Waals surface area contributed by atoms with Crippen LogP contribution in [0.3, 0.4) is 0 Å². The molecule has 100 valence electrons. The van der Waals surface area contributed by atoms with Gasteiger partial charge < -0.3 is 5.32 Å². The number of hydrogen-bond donors (Lipinski definition) is 3. The summed E-state index contributed by atoms with van der Waals surface area (Å²) in [7, 11) is 0. The summed E-state index contributed by atoms with van der Waals surface area (Å²) in [6.07, 6.45) is 0.737. The van der Waals surface area contributed by atoms with Gasteiger partial charge in [0.15, 0.2) is 0 Å². The molecule has 0 unspecified atom stereocenters. The molecule has 0 aliphatic rings. The van der Waals surface area contributed by atoms with Crippen LogP contribution >= 0.6 is 23.2 Å². The number of aliphatic imine (C=N–C) groups is 1. The topological polar surface area (TPSA) is 62.4 Å². The van der Waals surface area contributed by atoms with Crippen LogP contribution in [0, 0.1) is 0 Å². The smallest absolute Gasteiger partial charge is 0.205 e. The molecule has 0 saturated heterocycles. The number of nitrogens with one attached hydrogen (secondary N) is 2. The average molecular weight is 289 g/mol. The molecule has 0 atom stereocenters. The SMILES string of the molecule is CC(C)NC(=NCCc1ccc(Cl)cc1Cl)NN. The number of nitrogens with two attached hydrogens (primary N) is 1. The predicted octanol–water partition coefficient (Wildman–Crippen LogP) is 2.35. The first-order valence-electron chi connectivity index (χ1n) is 5.74. The van der Waals surface area contributed by atoms with Crippen LogP contribution in [0.2, 0.25) is 10.0 Å².